The largest absolute Gasteiger partial charge is 0.472 e. The third-order valence-corrected chi connectivity index (χ3v) is 15.8. The Bertz CT molecular complexity index is 1460. The maximum absolute atomic E-state index is 12.9. The van der Waals surface area contributed by atoms with Gasteiger partial charge in [-0.2, -0.15) is 0 Å². The second-order valence-electron chi connectivity index (χ2n) is 23.9. The zero-order valence-corrected chi connectivity index (χ0v) is 53.1. The smallest absolute Gasteiger partial charge is 0.462 e. The van der Waals surface area contributed by atoms with E-state index in [1.54, 1.807) is 0 Å². The molecule has 78 heavy (non-hydrogen) atoms. The quantitative estimate of drug-likeness (QED) is 0.0211. The summed E-state index contributed by atoms with van der Waals surface area (Å²) in [6.45, 7) is 4.47. The van der Waals surface area contributed by atoms with Gasteiger partial charge in [0.1, 0.15) is 19.8 Å². The molecule has 0 aliphatic rings. The zero-order chi connectivity index (χ0) is 57.0. The molecule has 0 saturated heterocycles. The Morgan fingerprint density at radius 1 is 0.397 bits per heavy atom. The van der Waals surface area contributed by atoms with E-state index in [1.807, 2.05) is 21.1 Å². The first-order valence-electron chi connectivity index (χ1n) is 33.4. The highest BCUT2D eigenvalue weighted by Gasteiger charge is 2.27. The number of unbranched alkanes of at least 4 members (excludes halogenated alkanes) is 40. The fourth-order valence-electron chi connectivity index (χ4n) is 9.67. The van der Waals surface area contributed by atoms with Gasteiger partial charge in [0.15, 0.2) is 6.10 Å². The van der Waals surface area contributed by atoms with Crippen LogP contribution in [0.15, 0.2) is 48.6 Å². The first-order valence-corrected chi connectivity index (χ1v) is 34.9. The van der Waals surface area contributed by atoms with Crippen LogP contribution in [-0.2, 0) is 32.7 Å². The molecule has 0 aliphatic heterocycles. The predicted molar refractivity (Wildman–Crippen MR) is 335 cm³/mol. The average Bonchev–Trinajstić information content (AvgIpc) is 3.41. The lowest BCUT2D eigenvalue weighted by Crippen LogP contribution is -2.37. The third-order valence-electron chi connectivity index (χ3n) is 14.8. The van der Waals surface area contributed by atoms with E-state index in [-0.39, 0.29) is 32.0 Å². The molecule has 0 aromatic heterocycles. The van der Waals surface area contributed by atoms with Crippen LogP contribution >= 0.6 is 7.82 Å². The number of allylic oxidation sites excluding steroid dienone is 8. The van der Waals surface area contributed by atoms with Gasteiger partial charge in [0.05, 0.1) is 27.7 Å². The number of hydrogen-bond donors (Lipinski definition) is 1. The van der Waals surface area contributed by atoms with E-state index in [1.165, 1.54) is 244 Å². The molecule has 0 aliphatic carbocycles. The Morgan fingerprint density at radius 2 is 0.692 bits per heavy atom. The Hall–Kier alpha value is -2.03. The molecule has 0 amide bonds. The van der Waals surface area contributed by atoms with Crippen LogP contribution in [-0.4, -0.2) is 74.9 Å². The van der Waals surface area contributed by atoms with Crippen molar-refractivity contribution in [3.63, 3.8) is 0 Å². The van der Waals surface area contributed by atoms with E-state index in [2.05, 4.69) is 62.5 Å². The standard InChI is InChI=1S/C68H128NO8P/c1-6-8-10-12-14-16-18-20-22-24-26-28-29-30-31-32-33-34-35-36-37-38-39-41-43-45-47-49-51-53-55-57-59-61-68(71)77-66(65-76-78(72,73)75-63-62-69(3,4)5)64-74-67(70)60-58-56-54-52-50-48-46-44-42-40-27-25-23-21-19-17-15-13-11-9-7-2/h18,20,24-27,29-30,66H,6-17,19,21-23,28,31-65H2,1-5H3/p+1/b20-18-,26-24-,27-25-,30-29-. The summed E-state index contributed by atoms with van der Waals surface area (Å²) in [6.07, 6.45) is 76.3. The van der Waals surface area contributed by atoms with Crippen LogP contribution in [0.25, 0.3) is 0 Å². The minimum absolute atomic E-state index is 0.0326. The molecule has 0 rings (SSSR count). The number of carbonyl (C=O) groups is 2. The molecule has 0 bridgehead atoms. The van der Waals surface area contributed by atoms with Crippen molar-refractivity contribution in [3.05, 3.63) is 48.6 Å². The summed E-state index contributed by atoms with van der Waals surface area (Å²) in [5.74, 6) is -0.785. The van der Waals surface area contributed by atoms with Gasteiger partial charge in [-0.15, -0.1) is 0 Å². The molecule has 1 N–H and O–H groups in total. The van der Waals surface area contributed by atoms with Crippen LogP contribution < -0.4 is 0 Å². The number of likely N-dealkylation sites (N-methyl/N-ethyl adjacent to an activating group) is 1. The molecular formula is C68H129NO8P+. The van der Waals surface area contributed by atoms with Crippen LogP contribution in [0, 0.1) is 0 Å². The Kier molecular flexibility index (Phi) is 58.0. The van der Waals surface area contributed by atoms with Crippen molar-refractivity contribution in [1.82, 2.24) is 0 Å². The molecular weight excluding hydrogens is 990 g/mol. The van der Waals surface area contributed by atoms with Gasteiger partial charge in [-0.1, -0.05) is 281 Å². The van der Waals surface area contributed by atoms with Gasteiger partial charge >= 0.3 is 19.8 Å². The van der Waals surface area contributed by atoms with E-state index < -0.39 is 26.5 Å². The Labute approximate surface area is 484 Å². The van der Waals surface area contributed by atoms with E-state index in [4.69, 9.17) is 18.5 Å². The van der Waals surface area contributed by atoms with Gasteiger partial charge in [0.25, 0.3) is 0 Å². The summed E-state index contributed by atoms with van der Waals surface area (Å²) in [4.78, 5) is 35.8. The van der Waals surface area contributed by atoms with Crippen molar-refractivity contribution < 1.29 is 42.1 Å². The number of phosphoric acid groups is 1. The van der Waals surface area contributed by atoms with E-state index in [0.29, 0.717) is 17.4 Å². The number of ether oxygens (including phenoxy) is 2. The van der Waals surface area contributed by atoms with Crippen molar-refractivity contribution in [2.75, 3.05) is 47.5 Å². The van der Waals surface area contributed by atoms with Crippen molar-refractivity contribution in [1.29, 1.82) is 0 Å². The van der Waals surface area contributed by atoms with Gasteiger partial charge in [0.2, 0.25) is 0 Å². The normalized spacial score (nSPS) is 13.5. The minimum atomic E-state index is -4.39. The molecule has 0 fully saturated rings. The summed E-state index contributed by atoms with van der Waals surface area (Å²) in [5, 5.41) is 0. The van der Waals surface area contributed by atoms with Gasteiger partial charge in [0, 0.05) is 12.8 Å². The Morgan fingerprint density at radius 3 is 1.04 bits per heavy atom. The van der Waals surface area contributed by atoms with E-state index in [9.17, 15) is 19.0 Å². The average molecular weight is 1120 g/mol. The summed E-state index contributed by atoms with van der Waals surface area (Å²) in [5.41, 5.74) is 0. The van der Waals surface area contributed by atoms with Crippen LogP contribution in [0.4, 0.5) is 0 Å². The fourth-order valence-corrected chi connectivity index (χ4v) is 10.4. The van der Waals surface area contributed by atoms with Gasteiger partial charge < -0.3 is 18.9 Å². The Balaban J connectivity index is 4.03. The second kappa shape index (κ2) is 59.6. The van der Waals surface area contributed by atoms with Crippen molar-refractivity contribution in [2.45, 2.75) is 328 Å². The molecule has 0 aromatic carbocycles. The van der Waals surface area contributed by atoms with Gasteiger partial charge in [-0.3, -0.25) is 18.6 Å². The SMILES string of the molecule is CCCCCCC/C=C\C/C=C\C/C=C\CCCCCCCCCCCCCCCCCCCCC(=O)OC(COC(=O)CCCCCCCCCCC/C=C\CCCCCCCCCC)COP(=O)(O)OCC[N+](C)(C)C. The van der Waals surface area contributed by atoms with Crippen LogP contribution in [0.1, 0.15) is 322 Å². The highest BCUT2D eigenvalue weighted by Crippen LogP contribution is 2.43. The van der Waals surface area contributed by atoms with Gasteiger partial charge in [-0.25, -0.2) is 4.57 Å². The third kappa shape index (κ3) is 63.2. The number of phosphoric ester groups is 1. The van der Waals surface area contributed by atoms with E-state index in [0.717, 1.165) is 44.9 Å². The lowest BCUT2D eigenvalue weighted by atomic mass is 10.0. The lowest BCUT2D eigenvalue weighted by molar-refractivity contribution is -0.870. The summed E-state index contributed by atoms with van der Waals surface area (Å²) >= 11 is 0. The summed E-state index contributed by atoms with van der Waals surface area (Å²) < 4.78 is 34.7. The highest BCUT2D eigenvalue weighted by atomic mass is 31.2. The van der Waals surface area contributed by atoms with Crippen molar-refractivity contribution >= 4 is 19.8 Å². The molecule has 0 heterocycles. The topological polar surface area (TPSA) is 108 Å². The second-order valence-corrected chi connectivity index (χ2v) is 25.3. The first kappa shape index (κ1) is 76.0. The highest BCUT2D eigenvalue weighted by molar-refractivity contribution is 7.47. The number of esters is 2. The first-order chi connectivity index (χ1) is 38.0. The molecule has 458 valence electrons. The summed E-state index contributed by atoms with van der Waals surface area (Å²) in [7, 11) is 1.49. The zero-order valence-electron chi connectivity index (χ0n) is 52.2. The number of hydrogen-bond acceptors (Lipinski definition) is 7. The molecule has 2 atom stereocenters. The molecule has 10 heteroatoms. The number of quaternary nitrogens is 1. The monoisotopic (exact) mass is 1120 g/mol. The van der Waals surface area contributed by atoms with Crippen LogP contribution in [0.5, 0.6) is 0 Å². The number of rotatable bonds is 62. The molecule has 0 saturated carbocycles. The maximum atomic E-state index is 12.9. The van der Waals surface area contributed by atoms with Crippen molar-refractivity contribution in [3.8, 4) is 0 Å². The van der Waals surface area contributed by atoms with Crippen LogP contribution in [0.3, 0.4) is 0 Å². The predicted octanol–water partition coefficient (Wildman–Crippen LogP) is 21.3. The van der Waals surface area contributed by atoms with E-state index >= 15 is 0 Å². The maximum Gasteiger partial charge on any atom is 0.472 e. The summed E-state index contributed by atoms with van der Waals surface area (Å²) in [6, 6.07) is 0. The molecule has 2 unspecified atom stereocenters. The van der Waals surface area contributed by atoms with Crippen molar-refractivity contribution in [2.24, 2.45) is 0 Å². The molecule has 0 radical (unpaired) electrons. The molecule has 9 nitrogen and oxygen atoms in total. The minimum Gasteiger partial charge on any atom is -0.462 e. The molecule has 0 aromatic rings. The number of nitrogens with zero attached hydrogens (tertiary/aromatic N) is 1. The molecule has 0 spiro atoms. The van der Waals surface area contributed by atoms with Gasteiger partial charge in [-0.05, 0) is 77.0 Å². The van der Waals surface area contributed by atoms with Crippen LogP contribution in [0.2, 0.25) is 0 Å². The lowest BCUT2D eigenvalue weighted by Gasteiger charge is -2.24. The number of carbonyl (C=O) groups excluding carboxylic acids is 2. The fraction of sp³-hybridized carbons (Fsp3) is 0.853.